The third kappa shape index (κ3) is 3.95. The Labute approximate surface area is 132 Å². The first-order valence-electron chi connectivity index (χ1n) is 6.39. The molecule has 0 saturated heterocycles. The average molecular weight is 332 g/mol. The van der Waals surface area contributed by atoms with E-state index in [-0.39, 0.29) is 17.1 Å². The molecule has 1 heterocycles. The summed E-state index contributed by atoms with van der Waals surface area (Å²) < 4.78 is 13.5. The molecule has 0 bridgehead atoms. The minimum atomic E-state index is -0.440. The molecule has 1 nitrogen and oxygen atoms in total. The number of nitrogens with one attached hydrogen (secondary N) is 1. The van der Waals surface area contributed by atoms with Crippen LogP contribution in [0.15, 0.2) is 29.0 Å². The van der Waals surface area contributed by atoms with Crippen molar-refractivity contribution in [3.63, 3.8) is 0 Å². The molecule has 0 aliphatic carbocycles. The van der Waals surface area contributed by atoms with Crippen molar-refractivity contribution in [3.05, 3.63) is 55.9 Å². The van der Waals surface area contributed by atoms with Gasteiger partial charge < -0.3 is 5.32 Å². The van der Waals surface area contributed by atoms with Crippen molar-refractivity contribution in [1.29, 1.82) is 0 Å². The summed E-state index contributed by atoms with van der Waals surface area (Å²) in [5, 5.41) is 8.17. The minimum Gasteiger partial charge on any atom is -0.307 e. The molecule has 2 atom stereocenters. The Morgan fingerprint density at radius 3 is 2.65 bits per heavy atom. The van der Waals surface area contributed by atoms with E-state index in [1.807, 2.05) is 6.92 Å². The van der Waals surface area contributed by atoms with Gasteiger partial charge in [-0.3, -0.25) is 0 Å². The van der Waals surface area contributed by atoms with Gasteiger partial charge in [0.25, 0.3) is 0 Å². The number of thiophene rings is 1. The van der Waals surface area contributed by atoms with E-state index in [4.69, 9.17) is 23.2 Å². The molecule has 5 heteroatoms. The van der Waals surface area contributed by atoms with Crippen LogP contribution in [0.5, 0.6) is 0 Å². The summed E-state index contributed by atoms with van der Waals surface area (Å²) >= 11 is 13.5. The summed E-state index contributed by atoms with van der Waals surface area (Å²) in [6.45, 7) is 4.08. The van der Waals surface area contributed by atoms with Crippen LogP contribution in [0, 0.1) is 5.82 Å². The van der Waals surface area contributed by atoms with Crippen molar-refractivity contribution in [3.8, 4) is 0 Å². The van der Waals surface area contributed by atoms with E-state index < -0.39 is 5.82 Å². The first-order chi connectivity index (χ1) is 9.47. The van der Waals surface area contributed by atoms with E-state index in [9.17, 15) is 4.39 Å². The molecule has 0 radical (unpaired) electrons. The lowest BCUT2D eigenvalue weighted by Crippen LogP contribution is -2.30. The Bertz CT molecular complexity index is 572. The van der Waals surface area contributed by atoms with E-state index in [0.29, 0.717) is 5.02 Å². The van der Waals surface area contributed by atoms with Gasteiger partial charge in [-0.1, -0.05) is 23.2 Å². The van der Waals surface area contributed by atoms with Crippen molar-refractivity contribution in [2.75, 3.05) is 0 Å². The molecule has 2 aromatic rings. The van der Waals surface area contributed by atoms with E-state index in [2.05, 4.69) is 29.1 Å². The normalized spacial score (nSPS) is 14.2. The third-order valence-electron chi connectivity index (χ3n) is 3.16. The lowest BCUT2D eigenvalue weighted by atomic mass is 10.1. The Morgan fingerprint density at radius 2 is 2.00 bits per heavy atom. The molecule has 20 heavy (non-hydrogen) atoms. The maximum atomic E-state index is 13.5. The lowest BCUT2D eigenvalue weighted by molar-refractivity contribution is 0.475. The fraction of sp³-hybridized carbons (Fsp3) is 0.333. The Morgan fingerprint density at radius 1 is 1.25 bits per heavy atom. The largest absolute Gasteiger partial charge is 0.307 e. The topological polar surface area (TPSA) is 12.0 Å². The predicted octanol–water partition coefficient (Wildman–Crippen LogP) is 5.48. The van der Waals surface area contributed by atoms with Gasteiger partial charge in [0, 0.05) is 17.1 Å². The number of rotatable bonds is 5. The molecule has 1 aromatic carbocycles. The zero-order chi connectivity index (χ0) is 14.7. The van der Waals surface area contributed by atoms with Crippen LogP contribution in [-0.2, 0) is 6.42 Å². The molecule has 1 aromatic heterocycles. The van der Waals surface area contributed by atoms with Crippen molar-refractivity contribution >= 4 is 34.5 Å². The van der Waals surface area contributed by atoms with Gasteiger partial charge in [-0.15, -0.1) is 0 Å². The van der Waals surface area contributed by atoms with Gasteiger partial charge in [-0.25, -0.2) is 4.39 Å². The number of benzene rings is 1. The summed E-state index contributed by atoms with van der Waals surface area (Å²) in [6, 6.07) is 5.20. The first-order valence-corrected chi connectivity index (χ1v) is 8.09. The minimum absolute atomic E-state index is 0.0390. The van der Waals surface area contributed by atoms with Crippen LogP contribution in [0.3, 0.4) is 0 Å². The molecule has 0 fully saturated rings. The maximum absolute atomic E-state index is 13.5. The van der Waals surface area contributed by atoms with E-state index in [0.717, 1.165) is 12.0 Å². The van der Waals surface area contributed by atoms with Crippen LogP contribution in [0.4, 0.5) is 4.39 Å². The molecular weight excluding hydrogens is 316 g/mol. The van der Waals surface area contributed by atoms with Crippen LogP contribution in [0.1, 0.15) is 31.0 Å². The van der Waals surface area contributed by atoms with Gasteiger partial charge in [0.15, 0.2) is 0 Å². The second-order valence-corrected chi connectivity index (χ2v) is 6.51. The molecular formula is C15H16Cl2FNS. The monoisotopic (exact) mass is 331 g/mol. The molecule has 1 N–H and O–H groups in total. The van der Waals surface area contributed by atoms with Crippen LogP contribution >= 0.6 is 34.5 Å². The van der Waals surface area contributed by atoms with Crippen molar-refractivity contribution in [2.24, 2.45) is 0 Å². The van der Waals surface area contributed by atoms with Gasteiger partial charge >= 0.3 is 0 Å². The highest BCUT2D eigenvalue weighted by atomic mass is 35.5. The van der Waals surface area contributed by atoms with Crippen LogP contribution in [0.25, 0.3) is 0 Å². The van der Waals surface area contributed by atoms with Crippen molar-refractivity contribution in [2.45, 2.75) is 32.4 Å². The summed E-state index contributed by atoms with van der Waals surface area (Å²) in [7, 11) is 0. The van der Waals surface area contributed by atoms with Gasteiger partial charge in [-0.05, 0) is 60.4 Å². The molecule has 0 aliphatic rings. The first kappa shape index (κ1) is 15.8. The SMILES string of the molecule is CC(Cc1ccsc1)NC(C)c1cc(F)c(Cl)cc1Cl. The number of hydrogen-bond acceptors (Lipinski definition) is 2. The zero-order valence-corrected chi connectivity index (χ0v) is 13.6. The number of halogens is 3. The highest BCUT2D eigenvalue weighted by Crippen LogP contribution is 2.29. The molecule has 0 saturated carbocycles. The van der Waals surface area contributed by atoms with Gasteiger partial charge in [0.2, 0.25) is 0 Å². The Kier molecular flexibility index (Phi) is 5.44. The summed E-state index contributed by atoms with van der Waals surface area (Å²) in [5.74, 6) is -0.440. The third-order valence-corrected chi connectivity index (χ3v) is 4.51. The molecule has 0 amide bonds. The quantitative estimate of drug-likeness (QED) is 0.715. The van der Waals surface area contributed by atoms with Crippen LogP contribution in [0.2, 0.25) is 10.0 Å². The fourth-order valence-corrected chi connectivity index (χ4v) is 3.44. The van der Waals surface area contributed by atoms with Gasteiger partial charge in [-0.2, -0.15) is 11.3 Å². The van der Waals surface area contributed by atoms with Crippen LogP contribution in [-0.4, -0.2) is 6.04 Å². The van der Waals surface area contributed by atoms with Crippen molar-refractivity contribution in [1.82, 2.24) is 5.32 Å². The fourth-order valence-electron chi connectivity index (χ4n) is 2.21. The molecule has 0 aliphatic heterocycles. The van der Waals surface area contributed by atoms with E-state index >= 15 is 0 Å². The second kappa shape index (κ2) is 6.90. The average Bonchev–Trinajstić information content (AvgIpc) is 2.86. The summed E-state index contributed by atoms with van der Waals surface area (Å²) in [5.41, 5.74) is 2.03. The van der Waals surface area contributed by atoms with E-state index in [1.165, 1.54) is 17.7 Å². The van der Waals surface area contributed by atoms with Crippen molar-refractivity contribution < 1.29 is 4.39 Å². The lowest BCUT2D eigenvalue weighted by Gasteiger charge is -2.21. The highest BCUT2D eigenvalue weighted by molar-refractivity contribution is 7.07. The Balaban J connectivity index is 2.04. The molecule has 108 valence electrons. The Hall–Kier alpha value is -0.610. The molecule has 2 unspecified atom stereocenters. The van der Waals surface area contributed by atoms with Gasteiger partial charge in [0.05, 0.1) is 5.02 Å². The van der Waals surface area contributed by atoms with Crippen LogP contribution < -0.4 is 5.32 Å². The molecule has 0 spiro atoms. The van der Waals surface area contributed by atoms with E-state index in [1.54, 1.807) is 11.3 Å². The highest BCUT2D eigenvalue weighted by Gasteiger charge is 2.15. The standard InChI is InChI=1S/C15H16Cl2FNS/c1-9(5-11-3-4-20-8-11)19-10(2)12-6-15(18)14(17)7-13(12)16/h3-4,6-10,19H,5H2,1-2H3. The number of hydrogen-bond donors (Lipinski definition) is 1. The zero-order valence-electron chi connectivity index (χ0n) is 11.3. The summed E-state index contributed by atoms with van der Waals surface area (Å²) in [4.78, 5) is 0. The predicted molar refractivity (Wildman–Crippen MR) is 85.5 cm³/mol. The second-order valence-electron chi connectivity index (χ2n) is 4.91. The molecule has 2 rings (SSSR count). The maximum Gasteiger partial charge on any atom is 0.142 e. The smallest absolute Gasteiger partial charge is 0.142 e. The van der Waals surface area contributed by atoms with Gasteiger partial charge in [0.1, 0.15) is 5.82 Å². The summed E-state index contributed by atoms with van der Waals surface area (Å²) in [6.07, 6.45) is 0.932.